The molecule has 2 fully saturated rings. The van der Waals surface area contributed by atoms with Crippen LogP contribution >= 0.6 is 0 Å². The first-order chi connectivity index (χ1) is 10.8. The summed E-state index contributed by atoms with van der Waals surface area (Å²) in [4.78, 5) is 0. The molecule has 2 rings (SSSR count). The molecule has 7 N–H and O–H groups in total. The third-order valence-electron chi connectivity index (χ3n) is 3.93. The van der Waals surface area contributed by atoms with Crippen LogP contribution in [0.1, 0.15) is 0 Å². The molecule has 0 aromatic heterocycles. The molecule has 2 aliphatic rings. The highest BCUT2D eigenvalue weighted by atomic mass is 19.1. The molecule has 10 nitrogen and oxygen atoms in total. The molecule has 10 atom stereocenters. The average Bonchev–Trinajstić information content (AvgIpc) is 2.55. The molecule has 0 aromatic rings. The van der Waals surface area contributed by atoms with Crippen LogP contribution in [0.5, 0.6) is 0 Å². The van der Waals surface area contributed by atoms with E-state index in [2.05, 4.69) is 0 Å². The van der Waals surface area contributed by atoms with Gasteiger partial charge in [-0.25, -0.2) is 4.39 Å². The van der Waals surface area contributed by atoms with E-state index >= 15 is 0 Å². The molecule has 136 valence electrons. The quantitative estimate of drug-likeness (QED) is 0.264. The molecular weight excluding hydrogens is 323 g/mol. The van der Waals surface area contributed by atoms with Gasteiger partial charge in [0.05, 0.1) is 13.2 Å². The molecule has 0 aromatic carbocycles. The number of halogens is 1. The molecule has 11 heteroatoms. The van der Waals surface area contributed by atoms with Gasteiger partial charge in [-0.2, -0.15) is 0 Å². The van der Waals surface area contributed by atoms with E-state index in [9.17, 15) is 35.0 Å². The van der Waals surface area contributed by atoms with Gasteiger partial charge < -0.3 is 50.0 Å². The minimum absolute atomic E-state index is 0.709. The van der Waals surface area contributed by atoms with E-state index in [0.29, 0.717) is 0 Å². The van der Waals surface area contributed by atoms with Crippen LogP contribution in [0.2, 0.25) is 0 Å². The summed E-state index contributed by atoms with van der Waals surface area (Å²) in [5.74, 6) is 0. The van der Waals surface area contributed by atoms with Crippen molar-refractivity contribution in [3.63, 3.8) is 0 Å². The van der Waals surface area contributed by atoms with Gasteiger partial charge in [-0.15, -0.1) is 0 Å². The maximum atomic E-state index is 13.8. The Morgan fingerprint density at radius 3 is 1.96 bits per heavy atom. The molecular formula is C12H21FO10. The summed E-state index contributed by atoms with van der Waals surface area (Å²) < 4.78 is 28.9. The van der Waals surface area contributed by atoms with E-state index in [0.717, 1.165) is 0 Å². The van der Waals surface area contributed by atoms with Crippen molar-refractivity contribution in [1.82, 2.24) is 0 Å². The molecule has 0 unspecified atom stereocenters. The summed E-state index contributed by atoms with van der Waals surface area (Å²) >= 11 is 0. The van der Waals surface area contributed by atoms with Gasteiger partial charge >= 0.3 is 0 Å². The monoisotopic (exact) mass is 344 g/mol. The van der Waals surface area contributed by atoms with Crippen molar-refractivity contribution >= 4 is 0 Å². The third kappa shape index (κ3) is 3.64. The van der Waals surface area contributed by atoms with Gasteiger partial charge in [0.1, 0.15) is 42.7 Å². The molecule has 0 bridgehead atoms. The highest BCUT2D eigenvalue weighted by Crippen LogP contribution is 2.29. The van der Waals surface area contributed by atoms with Crippen LogP contribution in [0, 0.1) is 0 Å². The fraction of sp³-hybridized carbons (Fsp3) is 1.00. The van der Waals surface area contributed by atoms with Crippen molar-refractivity contribution < 1.29 is 54.3 Å². The second-order valence-electron chi connectivity index (χ2n) is 5.48. The fourth-order valence-corrected chi connectivity index (χ4v) is 2.54. The maximum Gasteiger partial charge on any atom is 0.187 e. The zero-order valence-corrected chi connectivity index (χ0v) is 11.9. The molecule has 2 aliphatic heterocycles. The molecule has 0 saturated carbocycles. The molecule has 2 saturated heterocycles. The van der Waals surface area contributed by atoms with Crippen molar-refractivity contribution in [2.75, 3.05) is 13.2 Å². The van der Waals surface area contributed by atoms with E-state index in [1.807, 2.05) is 0 Å². The Hall–Kier alpha value is -0.470. The van der Waals surface area contributed by atoms with Gasteiger partial charge in [0, 0.05) is 0 Å². The maximum absolute atomic E-state index is 13.8. The Labute approximate surface area is 130 Å². The Morgan fingerprint density at radius 1 is 0.783 bits per heavy atom. The van der Waals surface area contributed by atoms with Crippen LogP contribution < -0.4 is 0 Å². The Bertz CT molecular complexity index is 383. The third-order valence-corrected chi connectivity index (χ3v) is 3.93. The largest absolute Gasteiger partial charge is 0.394 e. The van der Waals surface area contributed by atoms with Gasteiger partial charge in [-0.3, -0.25) is 0 Å². The molecule has 0 amide bonds. The minimum Gasteiger partial charge on any atom is -0.394 e. The molecule has 0 aliphatic carbocycles. The highest BCUT2D eigenvalue weighted by molar-refractivity contribution is 4.93. The molecule has 0 spiro atoms. The van der Waals surface area contributed by atoms with E-state index in [1.54, 1.807) is 0 Å². The lowest BCUT2D eigenvalue weighted by Crippen LogP contribution is -2.63. The van der Waals surface area contributed by atoms with Crippen LogP contribution in [0.15, 0.2) is 0 Å². The van der Waals surface area contributed by atoms with E-state index in [4.69, 9.17) is 19.3 Å². The van der Waals surface area contributed by atoms with Crippen molar-refractivity contribution in [3.05, 3.63) is 0 Å². The van der Waals surface area contributed by atoms with Crippen LogP contribution in [0.25, 0.3) is 0 Å². The smallest absolute Gasteiger partial charge is 0.187 e. The lowest BCUT2D eigenvalue weighted by Gasteiger charge is -2.44. The second-order valence-corrected chi connectivity index (χ2v) is 5.48. The van der Waals surface area contributed by atoms with Crippen molar-refractivity contribution in [2.45, 2.75) is 61.5 Å². The van der Waals surface area contributed by atoms with Gasteiger partial charge in [0.2, 0.25) is 0 Å². The van der Waals surface area contributed by atoms with E-state index < -0.39 is 74.7 Å². The summed E-state index contributed by atoms with van der Waals surface area (Å²) in [6.45, 7) is -1.46. The molecule has 2 heterocycles. The standard InChI is InChI=1S/C12H21FO10/c13-5-6(16)3(1-14)22-12(7(5)17)23-10-4(2-15)21-11(20)9(19)8(10)18/h3-12,14-20H,1-2H2/t3-,4-,5+,6+,7-,8-,9-,10-,11-,12+/m1/s1. The SMILES string of the molecule is OC[C@H]1O[C@@H](O[C@H]2[C@H](O)[C@@H](O)[C@H](O)O[C@@H]2CO)[C@H](O)[C@@H](F)[C@H]1O. The lowest BCUT2D eigenvalue weighted by atomic mass is 9.97. The predicted molar refractivity (Wildman–Crippen MR) is 67.5 cm³/mol. The van der Waals surface area contributed by atoms with Crippen LogP contribution in [0.4, 0.5) is 4.39 Å². The number of hydrogen-bond acceptors (Lipinski definition) is 10. The van der Waals surface area contributed by atoms with Gasteiger partial charge in [0.25, 0.3) is 0 Å². The summed E-state index contributed by atoms with van der Waals surface area (Å²) in [5, 5.41) is 66.4. The Morgan fingerprint density at radius 2 is 1.39 bits per heavy atom. The number of rotatable bonds is 4. The lowest BCUT2D eigenvalue weighted by molar-refractivity contribution is -0.351. The first kappa shape index (κ1) is 18.9. The average molecular weight is 344 g/mol. The van der Waals surface area contributed by atoms with Crippen LogP contribution in [0.3, 0.4) is 0 Å². The molecule has 23 heavy (non-hydrogen) atoms. The van der Waals surface area contributed by atoms with E-state index in [1.165, 1.54) is 0 Å². The summed E-state index contributed by atoms with van der Waals surface area (Å²) in [6.07, 6.45) is -17.0. The minimum atomic E-state index is -2.18. The van der Waals surface area contributed by atoms with Crippen LogP contribution in [-0.2, 0) is 14.2 Å². The molecule has 0 radical (unpaired) electrons. The first-order valence-corrected chi connectivity index (χ1v) is 7.04. The van der Waals surface area contributed by atoms with Crippen molar-refractivity contribution in [1.29, 1.82) is 0 Å². The number of hydrogen-bond donors (Lipinski definition) is 7. The van der Waals surface area contributed by atoms with Gasteiger partial charge in [-0.05, 0) is 0 Å². The van der Waals surface area contributed by atoms with Crippen LogP contribution in [-0.4, -0.2) is 110 Å². The first-order valence-electron chi connectivity index (χ1n) is 7.04. The predicted octanol–water partition coefficient (Wildman–Crippen LogP) is -4.42. The summed E-state index contributed by atoms with van der Waals surface area (Å²) in [5.41, 5.74) is 0. The van der Waals surface area contributed by atoms with E-state index in [-0.39, 0.29) is 0 Å². The number of alkyl halides is 1. The topological polar surface area (TPSA) is 169 Å². The zero-order valence-electron chi connectivity index (χ0n) is 11.9. The normalized spacial score (nSPS) is 51.7. The number of ether oxygens (including phenoxy) is 3. The van der Waals surface area contributed by atoms with Crippen molar-refractivity contribution in [2.24, 2.45) is 0 Å². The summed E-state index contributed by atoms with van der Waals surface area (Å²) in [7, 11) is 0. The van der Waals surface area contributed by atoms with Crippen molar-refractivity contribution in [3.8, 4) is 0 Å². The highest BCUT2D eigenvalue weighted by Gasteiger charge is 2.50. The number of aliphatic hydroxyl groups is 7. The Kier molecular flexibility index (Phi) is 6.24. The summed E-state index contributed by atoms with van der Waals surface area (Å²) in [6, 6.07) is 0. The Balaban J connectivity index is 2.11. The fourth-order valence-electron chi connectivity index (χ4n) is 2.54. The van der Waals surface area contributed by atoms with Gasteiger partial charge in [0.15, 0.2) is 18.8 Å². The second kappa shape index (κ2) is 7.61. The van der Waals surface area contributed by atoms with Gasteiger partial charge in [-0.1, -0.05) is 0 Å². The number of aliphatic hydroxyl groups excluding tert-OH is 7. The zero-order chi connectivity index (χ0) is 17.3.